The lowest BCUT2D eigenvalue weighted by Gasteiger charge is -2.15. The molecule has 2 aromatic heterocycles. The number of nitrogens with zero attached hydrogens (tertiary/aromatic N) is 2. The first-order valence-corrected chi connectivity index (χ1v) is 10.6. The van der Waals surface area contributed by atoms with Crippen molar-refractivity contribution < 1.29 is 4.79 Å². The predicted octanol–water partition coefficient (Wildman–Crippen LogP) is 4.52. The molecule has 0 radical (unpaired) electrons. The highest BCUT2D eigenvalue weighted by Crippen LogP contribution is 2.30. The lowest BCUT2D eigenvalue weighted by molar-refractivity contribution is -0.115. The monoisotopic (exact) mass is 401 g/mol. The predicted molar refractivity (Wildman–Crippen MR) is 114 cm³/mol. The molecule has 1 amide bonds. The second kappa shape index (κ2) is 7.86. The molecule has 2 heterocycles. The molecule has 1 N–H and O–H groups in total. The molecular formula is C20H23N3O2S2. The highest BCUT2D eigenvalue weighted by Gasteiger charge is 2.21. The zero-order valence-electron chi connectivity index (χ0n) is 16.1. The molecule has 7 heteroatoms. The van der Waals surface area contributed by atoms with Gasteiger partial charge in [-0.3, -0.25) is 14.2 Å². The maximum Gasteiger partial charge on any atom is 0.263 e. The summed E-state index contributed by atoms with van der Waals surface area (Å²) in [6, 6.07) is 7.69. The fourth-order valence-corrected chi connectivity index (χ4v) is 4.90. The van der Waals surface area contributed by atoms with Crippen LogP contribution in [0.15, 0.2) is 34.2 Å². The van der Waals surface area contributed by atoms with Crippen molar-refractivity contribution in [3.05, 3.63) is 50.6 Å². The number of carbonyl (C=O) groups is 1. The Morgan fingerprint density at radius 1 is 1.33 bits per heavy atom. The van der Waals surface area contributed by atoms with Crippen LogP contribution in [0.3, 0.4) is 0 Å². The van der Waals surface area contributed by atoms with Crippen LogP contribution < -0.4 is 10.9 Å². The minimum absolute atomic E-state index is 0.0295. The number of hydrogen-bond donors (Lipinski definition) is 1. The lowest BCUT2D eigenvalue weighted by atomic mass is 10.2. The number of thioether (sulfide) groups is 1. The van der Waals surface area contributed by atoms with Gasteiger partial charge < -0.3 is 5.32 Å². The Hall–Kier alpha value is -2.12. The molecule has 3 aromatic rings. The van der Waals surface area contributed by atoms with E-state index in [1.54, 1.807) is 4.57 Å². The molecule has 0 unspecified atom stereocenters. The number of nitrogens with one attached hydrogen (secondary N) is 1. The molecule has 3 rings (SSSR count). The van der Waals surface area contributed by atoms with Gasteiger partial charge in [0.1, 0.15) is 4.83 Å². The van der Waals surface area contributed by atoms with Crippen LogP contribution in [0.1, 0.15) is 29.9 Å². The van der Waals surface area contributed by atoms with Crippen molar-refractivity contribution >= 4 is 44.9 Å². The van der Waals surface area contributed by atoms with Gasteiger partial charge in [0.25, 0.3) is 5.56 Å². The fourth-order valence-electron chi connectivity index (χ4n) is 2.86. The first-order valence-electron chi connectivity index (χ1n) is 8.86. The number of aryl methyl sites for hydroxylation is 3. The number of benzene rings is 1. The minimum Gasteiger partial charge on any atom is -0.325 e. The van der Waals surface area contributed by atoms with E-state index in [9.17, 15) is 9.59 Å². The van der Waals surface area contributed by atoms with Gasteiger partial charge in [0.15, 0.2) is 5.16 Å². The molecule has 0 aliphatic carbocycles. The molecule has 1 atom stereocenters. The van der Waals surface area contributed by atoms with Gasteiger partial charge in [-0.25, -0.2) is 4.98 Å². The maximum atomic E-state index is 12.9. The van der Waals surface area contributed by atoms with E-state index in [0.717, 1.165) is 26.5 Å². The summed E-state index contributed by atoms with van der Waals surface area (Å²) in [4.78, 5) is 32.0. The molecule has 0 aliphatic rings. The smallest absolute Gasteiger partial charge is 0.263 e. The van der Waals surface area contributed by atoms with E-state index in [0.29, 0.717) is 17.1 Å². The van der Waals surface area contributed by atoms with Crippen LogP contribution in [0.25, 0.3) is 10.2 Å². The summed E-state index contributed by atoms with van der Waals surface area (Å²) in [5.41, 5.74) is 2.83. The number of carbonyl (C=O) groups excluding carboxylic acids is 1. The summed E-state index contributed by atoms with van der Waals surface area (Å²) in [5, 5.41) is 3.83. The number of aromatic nitrogens is 2. The molecule has 5 nitrogen and oxygen atoms in total. The third-order valence-corrected chi connectivity index (χ3v) is 6.70. The summed E-state index contributed by atoms with van der Waals surface area (Å²) in [5.74, 6) is -0.110. The number of rotatable bonds is 5. The van der Waals surface area contributed by atoms with Crippen molar-refractivity contribution in [2.75, 3.05) is 5.32 Å². The molecule has 0 spiro atoms. The Morgan fingerprint density at radius 3 is 2.74 bits per heavy atom. The van der Waals surface area contributed by atoms with Crippen molar-refractivity contribution in [1.29, 1.82) is 0 Å². The van der Waals surface area contributed by atoms with Crippen LogP contribution in [-0.4, -0.2) is 20.7 Å². The molecular weight excluding hydrogens is 378 g/mol. The lowest BCUT2D eigenvalue weighted by Crippen LogP contribution is -2.26. The standard InChI is InChI=1S/C20H23N3O2S2/c1-6-23-19(25)16-12(3)13(4)26-18(16)22-20(23)27-14(5)17(24)21-15-9-7-8-11(2)10-15/h7-10,14H,6H2,1-5H3,(H,21,24)/t14-/m0/s1. The van der Waals surface area contributed by atoms with E-state index in [1.165, 1.54) is 23.1 Å². The van der Waals surface area contributed by atoms with Crippen LogP contribution in [0.2, 0.25) is 0 Å². The highest BCUT2D eigenvalue weighted by atomic mass is 32.2. The van der Waals surface area contributed by atoms with Gasteiger partial charge in [0, 0.05) is 17.1 Å². The number of amides is 1. The fraction of sp³-hybridized carbons (Fsp3) is 0.350. The second-order valence-electron chi connectivity index (χ2n) is 6.53. The van der Waals surface area contributed by atoms with E-state index < -0.39 is 0 Å². The summed E-state index contributed by atoms with van der Waals surface area (Å²) >= 11 is 2.84. The summed E-state index contributed by atoms with van der Waals surface area (Å²) < 4.78 is 1.66. The molecule has 0 aliphatic heterocycles. The minimum atomic E-state index is -0.380. The summed E-state index contributed by atoms with van der Waals surface area (Å²) in [7, 11) is 0. The molecule has 0 saturated carbocycles. The molecule has 1 aromatic carbocycles. The third-order valence-electron chi connectivity index (χ3n) is 4.51. The number of thiophene rings is 1. The van der Waals surface area contributed by atoms with E-state index >= 15 is 0 Å². The van der Waals surface area contributed by atoms with Crippen LogP contribution in [0.4, 0.5) is 5.69 Å². The Kier molecular flexibility index (Phi) is 5.72. The van der Waals surface area contributed by atoms with Gasteiger partial charge in [0.05, 0.1) is 10.6 Å². The van der Waals surface area contributed by atoms with Crippen LogP contribution >= 0.6 is 23.1 Å². The Balaban J connectivity index is 1.89. The number of fused-ring (bicyclic) bond motifs is 1. The normalized spacial score (nSPS) is 12.3. The zero-order chi connectivity index (χ0) is 19.7. The van der Waals surface area contributed by atoms with E-state index in [2.05, 4.69) is 5.32 Å². The molecule has 142 valence electrons. The average Bonchev–Trinajstić information content (AvgIpc) is 2.89. The highest BCUT2D eigenvalue weighted by molar-refractivity contribution is 8.00. The van der Waals surface area contributed by atoms with Gasteiger partial charge in [0.2, 0.25) is 5.91 Å². The topological polar surface area (TPSA) is 64.0 Å². The molecule has 0 bridgehead atoms. The van der Waals surface area contributed by atoms with Gasteiger partial charge in [-0.15, -0.1) is 11.3 Å². The molecule has 27 heavy (non-hydrogen) atoms. The van der Waals surface area contributed by atoms with Crippen LogP contribution in [0, 0.1) is 20.8 Å². The van der Waals surface area contributed by atoms with Crippen molar-refractivity contribution in [3.8, 4) is 0 Å². The third kappa shape index (κ3) is 3.94. The Morgan fingerprint density at radius 2 is 2.07 bits per heavy atom. The van der Waals surface area contributed by atoms with Crippen LogP contribution in [0.5, 0.6) is 0 Å². The van der Waals surface area contributed by atoms with Crippen LogP contribution in [-0.2, 0) is 11.3 Å². The van der Waals surface area contributed by atoms with Gasteiger partial charge in [-0.2, -0.15) is 0 Å². The molecule has 0 saturated heterocycles. The van der Waals surface area contributed by atoms with Crippen molar-refractivity contribution in [1.82, 2.24) is 9.55 Å². The SMILES string of the molecule is CCn1c(S[C@@H](C)C(=O)Nc2cccc(C)c2)nc2sc(C)c(C)c2c1=O. The summed E-state index contributed by atoms with van der Waals surface area (Å²) in [6.45, 7) is 10.2. The van der Waals surface area contributed by atoms with E-state index in [1.807, 2.05) is 58.9 Å². The first-order chi connectivity index (χ1) is 12.8. The first kappa shape index (κ1) is 19.6. The van der Waals surface area contributed by atoms with Crippen molar-refractivity contribution in [3.63, 3.8) is 0 Å². The van der Waals surface area contributed by atoms with Gasteiger partial charge in [-0.1, -0.05) is 23.9 Å². The van der Waals surface area contributed by atoms with Crippen molar-refractivity contribution in [2.45, 2.75) is 51.6 Å². The van der Waals surface area contributed by atoms with E-state index in [4.69, 9.17) is 4.98 Å². The maximum absolute atomic E-state index is 12.9. The largest absolute Gasteiger partial charge is 0.325 e. The summed E-state index contributed by atoms with van der Waals surface area (Å²) in [6.07, 6.45) is 0. The Labute approximate surface area is 166 Å². The Bertz CT molecular complexity index is 1070. The van der Waals surface area contributed by atoms with Gasteiger partial charge >= 0.3 is 0 Å². The van der Waals surface area contributed by atoms with E-state index in [-0.39, 0.29) is 16.7 Å². The van der Waals surface area contributed by atoms with Crippen molar-refractivity contribution in [2.24, 2.45) is 0 Å². The zero-order valence-corrected chi connectivity index (χ0v) is 17.8. The average molecular weight is 402 g/mol. The number of hydrogen-bond acceptors (Lipinski definition) is 5. The number of anilines is 1. The molecule has 0 fully saturated rings. The van der Waals surface area contributed by atoms with Gasteiger partial charge in [-0.05, 0) is 57.9 Å². The second-order valence-corrected chi connectivity index (χ2v) is 9.04. The quantitative estimate of drug-likeness (QED) is 0.504.